The molecule has 0 aromatic rings. The second-order valence-electron chi connectivity index (χ2n) is 4.51. The van der Waals surface area contributed by atoms with Gasteiger partial charge in [-0.25, -0.2) is 0 Å². The number of hydrogen-bond donors (Lipinski definition) is 3. The molecule has 0 bridgehead atoms. The van der Waals surface area contributed by atoms with Gasteiger partial charge in [0.15, 0.2) is 0 Å². The molecule has 18 heavy (non-hydrogen) atoms. The molecule has 0 amide bonds. The van der Waals surface area contributed by atoms with Crippen molar-refractivity contribution in [1.82, 2.24) is 0 Å². The first kappa shape index (κ1) is 18.2. The highest BCUT2D eigenvalue weighted by Crippen LogP contribution is 2.10. The van der Waals surface area contributed by atoms with Crippen LogP contribution >= 0.6 is 12.6 Å². The van der Waals surface area contributed by atoms with Crippen molar-refractivity contribution in [3.8, 4) is 0 Å². The van der Waals surface area contributed by atoms with Crippen LogP contribution in [0.5, 0.6) is 0 Å². The second kappa shape index (κ2) is 12.2. The molecule has 1 radical (unpaired) electrons. The normalized spacial score (nSPS) is 15.7. The number of ether oxygens (including phenoxy) is 1. The molecule has 0 fully saturated rings. The third kappa shape index (κ3) is 9.14. The summed E-state index contributed by atoms with van der Waals surface area (Å²) < 4.78 is 4.97. The lowest BCUT2D eigenvalue weighted by molar-refractivity contribution is 0.0852. The summed E-state index contributed by atoms with van der Waals surface area (Å²) in [7, 11) is 1.73. The number of methoxy groups -OCH3 is 1. The molecule has 0 rings (SSSR count). The maximum Gasteiger partial charge on any atom is 0.131 e. The second-order valence-corrected chi connectivity index (χ2v) is 7.12. The molecule has 2 atom stereocenters. The Morgan fingerprint density at radius 1 is 1.22 bits per heavy atom. The first-order valence-electron chi connectivity index (χ1n) is 6.79. The molecular formula is C13H27O3SSi. The van der Waals surface area contributed by atoms with Crippen LogP contribution in [0.3, 0.4) is 0 Å². The summed E-state index contributed by atoms with van der Waals surface area (Å²) >= 11 is 4.48. The Bertz CT molecular complexity index is 220. The smallest absolute Gasteiger partial charge is 0.131 e. The van der Waals surface area contributed by atoms with Crippen LogP contribution < -0.4 is 0 Å². The Morgan fingerprint density at radius 2 is 1.83 bits per heavy atom. The van der Waals surface area contributed by atoms with E-state index in [0.717, 1.165) is 12.8 Å². The fraction of sp³-hybridized carbons (Fsp3) is 0.923. The van der Waals surface area contributed by atoms with Gasteiger partial charge >= 0.3 is 0 Å². The first-order chi connectivity index (χ1) is 8.65. The van der Waals surface area contributed by atoms with Gasteiger partial charge in [-0.1, -0.05) is 45.4 Å². The minimum absolute atomic E-state index is 0.174. The van der Waals surface area contributed by atoms with E-state index in [1.165, 1.54) is 39.2 Å². The highest BCUT2D eigenvalue weighted by atomic mass is 32.1. The van der Waals surface area contributed by atoms with Gasteiger partial charge in [0.05, 0.1) is 21.1 Å². The largest absolute Gasteiger partial charge is 0.515 e. The van der Waals surface area contributed by atoms with Gasteiger partial charge in [-0.3, -0.25) is 0 Å². The summed E-state index contributed by atoms with van der Waals surface area (Å²) in [6, 6.07) is 0. The SMILES string of the molecule is CCCCCCCCC(S)[Si]=C(O)C(CO)OC. The zero-order valence-corrected chi connectivity index (χ0v) is 13.5. The molecule has 2 N–H and O–H groups in total. The maximum absolute atomic E-state index is 9.75. The van der Waals surface area contributed by atoms with Gasteiger partial charge in [-0.2, -0.15) is 12.6 Å². The van der Waals surface area contributed by atoms with E-state index in [9.17, 15) is 5.11 Å². The van der Waals surface area contributed by atoms with Crippen molar-refractivity contribution in [1.29, 1.82) is 0 Å². The fourth-order valence-corrected chi connectivity index (χ4v) is 3.39. The molecule has 2 unspecified atom stereocenters. The number of unbranched alkanes of at least 4 members (excludes halogenated alkanes) is 5. The minimum atomic E-state index is -0.553. The molecule has 0 spiro atoms. The van der Waals surface area contributed by atoms with Gasteiger partial charge in [0, 0.05) is 12.0 Å². The van der Waals surface area contributed by atoms with Crippen molar-refractivity contribution in [3.05, 3.63) is 0 Å². The van der Waals surface area contributed by atoms with E-state index in [2.05, 4.69) is 19.6 Å². The van der Waals surface area contributed by atoms with Crippen LogP contribution in [0.4, 0.5) is 0 Å². The Hall–Kier alpha value is 0.157. The van der Waals surface area contributed by atoms with Crippen LogP contribution in [-0.2, 0) is 4.74 Å². The van der Waals surface area contributed by atoms with E-state index in [4.69, 9.17) is 9.84 Å². The maximum atomic E-state index is 9.75. The molecule has 0 aliphatic carbocycles. The molecule has 3 nitrogen and oxygen atoms in total. The fourth-order valence-electron chi connectivity index (χ4n) is 1.73. The molecular weight excluding hydrogens is 264 g/mol. The van der Waals surface area contributed by atoms with E-state index in [0.29, 0.717) is 0 Å². The average Bonchev–Trinajstić information content (AvgIpc) is 2.35. The van der Waals surface area contributed by atoms with Crippen molar-refractivity contribution >= 4 is 27.1 Å². The summed E-state index contributed by atoms with van der Waals surface area (Å²) in [4.78, 5) is 0.181. The standard InChI is InChI=1S/C13H27O3SSi/c1-3-4-5-6-7-8-9-12(17)18-13(15)11(10-14)16-2/h11-12,14-15,17H,3-10H2,1-2H3. The Kier molecular flexibility index (Phi) is 12.3. The van der Waals surface area contributed by atoms with Crippen LogP contribution in [0, 0.1) is 0 Å². The molecule has 0 heterocycles. The Balaban J connectivity index is 3.74. The van der Waals surface area contributed by atoms with E-state index in [-0.39, 0.29) is 26.0 Å². The Morgan fingerprint density at radius 3 is 2.39 bits per heavy atom. The Labute approximate surface area is 119 Å². The zero-order chi connectivity index (χ0) is 13.8. The summed E-state index contributed by atoms with van der Waals surface area (Å²) in [5, 5.41) is 19.0. The molecule has 0 aromatic heterocycles. The van der Waals surface area contributed by atoms with E-state index >= 15 is 0 Å². The molecule has 0 saturated carbocycles. The van der Waals surface area contributed by atoms with Gasteiger partial charge in [0.25, 0.3) is 0 Å². The van der Waals surface area contributed by atoms with Crippen LogP contribution in [0.2, 0.25) is 0 Å². The topological polar surface area (TPSA) is 49.7 Å². The lowest BCUT2D eigenvalue weighted by Gasteiger charge is -2.13. The van der Waals surface area contributed by atoms with Crippen LogP contribution in [0.25, 0.3) is 0 Å². The predicted molar refractivity (Wildman–Crippen MR) is 81.3 cm³/mol. The van der Waals surface area contributed by atoms with Crippen molar-refractivity contribution < 1.29 is 14.9 Å². The van der Waals surface area contributed by atoms with Crippen LogP contribution in [0.15, 0.2) is 0 Å². The lowest BCUT2D eigenvalue weighted by atomic mass is 10.1. The average molecular weight is 292 g/mol. The van der Waals surface area contributed by atoms with E-state index in [1.54, 1.807) is 0 Å². The summed E-state index contributed by atoms with van der Waals surface area (Å²) in [5.41, 5.74) is 0. The number of aliphatic hydroxyl groups excluding tert-OH is 2. The quantitative estimate of drug-likeness (QED) is 0.311. The minimum Gasteiger partial charge on any atom is -0.515 e. The van der Waals surface area contributed by atoms with Crippen LogP contribution in [0.1, 0.15) is 51.9 Å². The molecule has 5 heteroatoms. The van der Waals surface area contributed by atoms with Crippen molar-refractivity contribution in [2.24, 2.45) is 0 Å². The lowest BCUT2D eigenvalue weighted by Crippen LogP contribution is -2.31. The van der Waals surface area contributed by atoms with Crippen molar-refractivity contribution in [2.75, 3.05) is 13.7 Å². The third-order valence-electron chi connectivity index (χ3n) is 2.90. The van der Waals surface area contributed by atoms with Gasteiger partial charge in [0.1, 0.15) is 6.10 Å². The number of aliphatic hydroxyl groups is 2. The zero-order valence-electron chi connectivity index (χ0n) is 11.6. The molecule has 0 saturated heterocycles. The third-order valence-corrected chi connectivity index (χ3v) is 4.79. The molecule has 0 aromatic carbocycles. The van der Waals surface area contributed by atoms with E-state index in [1.807, 2.05) is 0 Å². The van der Waals surface area contributed by atoms with Gasteiger partial charge in [0.2, 0.25) is 0 Å². The molecule has 0 aliphatic rings. The summed E-state index contributed by atoms with van der Waals surface area (Å²) in [6.45, 7) is 2.05. The molecule has 107 valence electrons. The predicted octanol–water partition coefficient (Wildman–Crippen LogP) is 2.21. The highest BCUT2D eigenvalue weighted by Gasteiger charge is 2.12. The number of hydrogen-bond acceptors (Lipinski definition) is 4. The van der Waals surface area contributed by atoms with Gasteiger partial charge in [-0.15, -0.1) is 0 Å². The highest BCUT2D eigenvalue weighted by molar-refractivity contribution is 7.82. The van der Waals surface area contributed by atoms with E-state index < -0.39 is 6.10 Å². The van der Waals surface area contributed by atoms with Crippen molar-refractivity contribution in [3.63, 3.8) is 0 Å². The van der Waals surface area contributed by atoms with Crippen molar-refractivity contribution in [2.45, 2.75) is 62.8 Å². The monoisotopic (exact) mass is 291 g/mol. The number of thiol groups is 1. The first-order valence-corrected chi connectivity index (χ1v) is 8.39. The summed E-state index contributed by atoms with van der Waals surface area (Å²) in [5.74, 6) is 0. The van der Waals surface area contributed by atoms with Gasteiger partial charge in [-0.05, 0) is 6.42 Å². The van der Waals surface area contributed by atoms with Crippen LogP contribution in [-0.4, -0.2) is 49.4 Å². The number of rotatable bonds is 11. The molecule has 0 aliphatic heterocycles. The summed E-state index contributed by atoms with van der Waals surface area (Å²) in [6.07, 6.45) is 8.09. The van der Waals surface area contributed by atoms with Gasteiger partial charge < -0.3 is 14.9 Å².